The normalized spacial score (nSPS) is 10.0. The lowest BCUT2D eigenvalue weighted by molar-refractivity contribution is -0.119. The molecule has 0 unspecified atom stereocenters. The number of H-pyrrole nitrogens is 2. The highest BCUT2D eigenvalue weighted by Gasteiger charge is 2.13. The Morgan fingerprint density at radius 1 is 1.04 bits per heavy atom. The third-order valence-corrected chi connectivity index (χ3v) is 2.98. The third kappa shape index (κ3) is 4.70. The molecule has 0 saturated heterocycles. The van der Waals surface area contributed by atoms with Gasteiger partial charge in [-0.25, -0.2) is 9.59 Å². The number of hydrogen-bond donors (Lipinski definition) is 3. The average molecular weight is 349 g/mol. The Kier molecular flexibility index (Phi) is 5.56. The van der Waals surface area contributed by atoms with Gasteiger partial charge in [-0.05, 0) is 12.1 Å². The van der Waals surface area contributed by atoms with Gasteiger partial charge in [-0.1, -0.05) is 0 Å². The summed E-state index contributed by atoms with van der Waals surface area (Å²) in [5.41, 5.74) is -1.56. The van der Waals surface area contributed by atoms with Crippen molar-refractivity contribution in [3.05, 3.63) is 50.8 Å². The van der Waals surface area contributed by atoms with Crippen LogP contribution in [0.5, 0.6) is 11.5 Å². The number of carbonyl (C=O) groups is 2. The van der Waals surface area contributed by atoms with Gasteiger partial charge in [-0.2, -0.15) is 0 Å². The SMILES string of the molecule is COc1ccc(NC(=O)COC(=O)c2cc(=O)[nH]c(=O)[nH]2)cc1OC. The summed E-state index contributed by atoms with van der Waals surface area (Å²) < 4.78 is 14.9. The molecule has 132 valence electrons. The number of carbonyl (C=O) groups excluding carboxylic acids is 2. The first-order chi connectivity index (χ1) is 11.9. The molecule has 1 heterocycles. The zero-order chi connectivity index (χ0) is 18.4. The Bertz CT molecular complexity index is 872. The summed E-state index contributed by atoms with van der Waals surface area (Å²) in [5.74, 6) is -0.720. The van der Waals surface area contributed by atoms with Gasteiger partial charge in [-0.15, -0.1) is 0 Å². The molecule has 1 amide bonds. The maximum absolute atomic E-state index is 11.8. The molecule has 0 aliphatic rings. The van der Waals surface area contributed by atoms with Crippen molar-refractivity contribution in [3.8, 4) is 11.5 Å². The van der Waals surface area contributed by atoms with E-state index in [4.69, 9.17) is 14.2 Å². The van der Waals surface area contributed by atoms with Gasteiger partial charge < -0.3 is 24.5 Å². The summed E-state index contributed by atoms with van der Waals surface area (Å²) in [7, 11) is 2.93. The van der Waals surface area contributed by atoms with Gasteiger partial charge >= 0.3 is 11.7 Å². The molecule has 0 spiro atoms. The van der Waals surface area contributed by atoms with E-state index < -0.39 is 29.7 Å². The van der Waals surface area contributed by atoms with Crippen molar-refractivity contribution in [2.45, 2.75) is 0 Å². The van der Waals surface area contributed by atoms with E-state index in [1.807, 2.05) is 4.98 Å². The lowest BCUT2D eigenvalue weighted by Crippen LogP contribution is -2.27. The van der Waals surface area contributed by atoms with Crippen molar-refractivity contribution >= 4 is 17.6 Å². The molecule has 25 heavy (non-hydrogen) atoms. The molecule has 0 atom stereocenters. The molecule has 2 rings (SSSR count). The standard InChI is InChI=1S/C15H15N3O7/c1-23-10-4-3-8(5-11(10)24-2)16-13(20)7-25-14(21)9-6-12(19)18-15(22)17-9/h3-6H,7H2,1-2H3,(H,16,20)(H2,17,18,19,22). The minimum absolute atomic E-state index is 0.354. The van der Waals surface area contributed by atoms with Gasteiger partial charge in [0.05, 0.1) is 14.2 Å². The molecule has 10 heteroatoms. The van der Waals surface area contributed by atoms with E-state index in [-0.39, 0.29) is 5.69 Å². The van der Waals surface area contributed by atoms with Crippen molar-refractivity contribution in [2.24, 2.45) is 0 Å². The van der Waals surface area contributed by atoms with Crippen LogP contribution in [0.25, 0.3) is 0 Å². The summed E-state index contributed by atoms with van der Waals surface area (Å²) in [4.78, 5) is 49.8. The predicted octanol–water partition coefficient (Wildman–Crippen LogP) is -0.124. The van der Waals surface area contributed by atoms with Crippen molar-refractivity contribution in [2.75, 3.05) is 26.1 Å². The fourth-order valence-electron chi connectivity index (χ4n) is 1.90. The van der Waals surface area contributed by atoms with Crippen LogP contribution in [0.1, 0.15) is 10.5 Å². The molecular weight excluding hydrogens is 334 g/mol. The largest absolute Gasteiger partial charge is 0.493 e. The van der Waals surface area contributed by atoms with Crippen molar-refractivity contribution < 1.29 is 23.8 Å². The van der Waals surface area contributed by atoms with E-state index in [9.17, 15) is 19.2 Å². The number of methoxy groups -OCH3 is 2. The monoisotopic (exact) mass is 349 g/mol. The first-order valence-electron chi connectivity index (χ1n) is 6.95. The number of ether oxygens (including phenoxy) is 3. The number of anilines is 1. The Balaban J connectivity index is 1.97. The first kappa shape index (κ1) is 17.8. The van der Waals surface area contributed by atoms with Gasteiger partial charge in [0.2, 0.25) is 0 Å². The number of rotatable bonds is 6. The lowest BCUT2D eigenvalue weighted by Gasteiger charge is -2.10. The summed E-state index contributed by atoms with van der Waals surface area (Å²) in [5, 5.41) is 2.51. The van der Waals surface area contributed by atoms with E-state index in [2.05, 4.69) is 10.3 Å². The summed E-state index contributed by atoms with van der Waals surface area (Å²) in [6.45, 7) is -0.609. The highest BCUT2D eigenvalue weighted by Crippen LogP contribution is 2.29. The number of nitrogens with one attached hydrogen (secondary N) is 3. The number of benzene rings is 1. The molecule has 10 nitrogen and oxygen atoms in total. The molecular formula is C15H15N3O7. The molecule has 1 aromatic heterocycles. The lowest BCUT2D eigenvalue weighted by atomic mass is 10.2. The minimum Gasteiger partial charge on any atom is -0.493 e. The fourth-order valence-corrected chi connectivity index (χ4v) is 1.90. The number of hydrogen-bond acceptors (Lipinski definition) is 7. The second kappa shape index (κ2) is 7.81. The van der Waals surface area contributed by atoms with Gasteiger partial charge in [0.15, 0.2) is 18.1 Å². The Labute approximate surface area is 140 Å². The van der Waals surface area contributed by atoms with Crippen LogP contribution in [0.3, 0.4) is 0 Å². The van der Waals surface area contributed by atoms with Crippen LogP contribution in [0.4, 0.5) is 5.69 Å². The molecule has 0 saturated carbocycles. The topological polar surface area (TPSA) is 140 Å². The number of aromatic nitrogens is 2. The van der Waals surface area contributed by atoms with Gasteiger partial charge in [-0.3, -0.25) is 14.6 Å². The second-order valence-electron chi connectivity index (χ2n) is 4.70. The number of aromatic amines is 2. The quantitative estimate of drug-likeness (QED) is 0.617. The van der Waals surface area contributed by atoms with Gasteiger partial charge in [0, 0.05) is 17.8 Å². The molecule has 0 bridgehead atoms. The third-order valence-electron chi connectivity index (χ3n) is 2.98. The molecule has 1 aromatic carbocycles. The zero-order valence-electron chi connectivity index (χ0n) is 13.4. The minimum atomic E-state index is -1.01. The highest BCUT2D eigenvalue weighted by atomic mass is 16.5. The number of amides is 1. The fraction of sp³-hybridized carbons (Fsp3) is 0.200. The summed E-state index contributed by atoms with van der Waals surface area (Å²) >= 11 is 0. The smallest absolute Gasteiger partial charge is 0.355 e. The number of esters is 1. The molecule has 0 aliphatic carbocycles. The van der Waals surface area contributed by atoms with Crippen LogP contribution in [0.15, 0.2) is 33.9 Å². The first-order valence-corrected chi connectivity index (χ1v) is 6.95. The molecule has 0 fully saturated rings. The molecule has 3 N–H and O–H groups in total. The molecule has 2 aromatic rings. The second-order valence-corrected chi connectivity index (χ2v) is 4.70. The maximum atomic E-state index is 11.8. The maximum Gasteiger partial charge on any atom is 0.355 e. The summed E-state index contributed by atoms with van der Waals surface area (Å²) in [6, 6.07) is 5.57. The van der Waals surface area contributed by atoms with Gasteiger partial charge in [0.25, 0.3) is 11.5 Å². The van der Waals surface area contributed by atoms with Crippen LogP contribution in [-0.2, 0) is 9.53 Å². The zero-order valence-corrected chi connectivity index (χ0v) is 13.4. The molecule has 0 aliphatic heterocycles. The molecule has 0 radical (unpaired) electrons. The van der Waals surface area contributed by atoms with Crippen LogP contribution in [0, 0.1) is 0 Å². The highest BCUT2D eigenvalue weighted by molar-refractivity contribution is 5.95. The van der Waals surface area contributed by atoms with E-state index in [0.29, 0.717) is 17.2 Å². The van der Waals surface area contributed by atoms with Crippen molar-refractivity contribution in [1.82, 2.24) is 9.97 Å². The van der Waals surface area contributed by atoms with Crippen LogP contribution < -0.4 is 26.0 Å². The summed E-state index contributed by atoms with van der Waals surface area (Å²) in [6.07, 6.45) is 0. The Morgan fingerprint density at radius 3 is 2.40 bits per heavy atom. The van der Waals surface area contributed by atoms with Crippen LogP contribution in [-0.4, -0.2) is 42.7 Å². The van der Waals surface area contributed by atoms with Crippen molar-refractivity contribution in [1.29, 1.82) is 0 Å². The van der Waals surface area contributed by atoms with E-state index >= 15 is 0 Å². The van der Waals surface area contributed by atoms with Crippen LogP contribution in [0.2, 0.25) is 0 Å². The average Bonchev–Trinajstić information content (AvgIpc) is 2.58. The predicted molar refractivity (Wildman–Crippen MR) is 86.1 cm³/mol. The van der Waals surface area contributed by atoms with E-state index in [1.54, 1.807) is 12.1 Å². The van der Waals surface area contributed by atoms with E-state index in [1.165, 1.54) is 20.3 Å². The van der Waals surface area contributed by atoms with Crippen LogP contribution >= 0.6 is 0 Å². The van der Waals surface area contributed by atoms with Crippen molar-refractivity contribution in [3.63, 3.8) is 0 Å². The Hall–Kier alpha value is -3.56. The van der Waals surface area contributed by atoms with Gasteiger partial charge in [0.1, 0.15) is 5.69 Å². The Morgan fingerprint density at radius 2 is 1.76 bits per heavy atom. The van der Waals surface area contributed by atoms with E-state index in [0.717, 1.165) is 6.07 Å².